The van der Waals surface area contributed by atoms with Crippen molar-refractivity contribution in [1.29, 1.82) is 0 Å². The summed E-state index contributed by atoms with van der Waals surface area (Å²) in [6.45, 7) is 2.04. The molecular formula is C22H25N3O2S2. The molecule has 7 heteroatoms. The average Bonchev–Trinajstić information content (AvgIpc) is 3.42. The first kappa shape index (κ1) is 21.1. The number of rotatable bonds is 9. The Morgan fingerprint density at radius 1 is 0.862 bits per heavy atom. The van der Waals surface area contributed by atoms with Gasteiger partial charge in [0.15, 0.2) is 0 Å². The van der Waals surface area contributed by atoms with E-state index >= 15 is 0 Å². The van der Waals surface area contributed by atoms with Crippen LogP contribution in [0.25, 0.3) is 0 Å². The summed E-state index contributed by atoms with van der Waals surface area (Å²) in [7, 11) is 1.75. The molecule has 1 aromatic carbocycles. The molecule has 2 heterocycles. The van der Waals surface area contributed by atoms with Gasteiger partial charge in [-0.25, -0.2) is 4.79 Å². The molecule has 0 aliphatic carbocycles. The topological polar surface area (TPSA) is 52.7 Å². The molecule has 0 radical (unpaired) electrons. The van der Waals surface area contributed by atoms with Crippen molar-refractivity contribution in [3.63, 3.8) is 0 Å². The van der Waals surface area contributed by atoms with Gasteiger partial charge < -0.3 is 15.1 Å². The molecule has 0 bridgehead atoms. The Hall–Kier alpha value is -2.64. The molecule has 0 atom stereocenters. The lowest BCUT2D eigenvalue weighted by Crippen LogP contribution is -2.39. The van der Waals surface area contributed by atoms with Crippen molar-refractivity contribution in [3.05, 3.63) is 80.7 Å². The van der Waals surface area contributed by atoms with Crippen molar-refractivity contribution in [1.82, 2.24) is 15.1 Å². The molecule has 0 spiro atoms. The molecule has 3 rings (SSSR count). The van der Waals surface area contributed by atoms with E-state index in [4.69, 9.17) is 0 Å². The number of benzene rings is 1. The lowest BCUT2D eigenvalue weighted by molar-refractivity contribution is -0.132. The zero-order valence-corrected chi connectivity index (χ0v) is 18.0. The molecule has 0 saturated heterocycles. The molecule has 2 aromatic heterocycles. The lowest BCUT2D eigenvalue weighted by atomic mass is 10.2. The van der Waals surface area contributed by atoms with Gasteiger partial charge in [-0.15, -0.1) is 22.7 Å². The number of nitrogens with zero attached hydrogens (tertiary/aromatic N) is 2. The first-order chi connectivity index (χ1) is 14.1. The number of carbonyl (C=O) groups is 2. The van der Waals surface area contributed by atoms with Gasteiger partial charge in [0.2, 0.25) is 5.91 Å². The molecule has 0 aliphatic rings. The van der Waals surface area contributed by atoms with Gasteiger partial charge in [0.25, 0.3) is 0 Å². The Bertz CT molecular complexity index is 844. The van der Waals surface area contributed by atoms with Gasteiger partial charge in [-0.1, -0.05) is 42.5 Å². The summed E-state index contributed by atoms with van der Waals surface area (Å²) in [4.78, 5) is 30.9. The van der Waals surface area contributed by atoms with E-state index in [1.54, 1.807) is 34.6 Å². The van der Waals surface area contributed by atoms with Crippen LogP contribution in [0.15, 0.2) is 65.4 Å². The van der Waals surface area contributed by atoms with Crippen LogP contribution in [0.2, 0.25) is 0 Å². The Balaban J connectivity index is 1.49. The van der Waals surface area contributed by atoms with E-state index in [2.05, 4.69) is 5.32 Å². The van der Waals surface area contributed by atoms with E-state index in [0.29, 0.717) is 26.2 Å². The number of urea groups is 1. The van der Waals surface area contributed by atoms with E-state index in [0.717, 1.165) is 15.3 Å². The quantitative estimate of drug-likeness (QED) is 0.544. The van der Waals surface area contributed by atoms with Crippen LogP contribution in [-0.2, 0) is 24.4 Å². The molecule has 1 N–H and O–H groups in total. The minimum atomic E-state index is -0.176. The summed E-state index contributed by atoms with van der Waals surface area (Å²) in [6, 6.07) is 17.7. The van der Waals surface area contributed by atoms with Crippen molar-refractivity contribution in [2.24, 2.45) is 0 Å². The van der Waals surface area contributed by atoms with E-state index in [1.807, 2.05) is 70.3 Å². The van der Waals surface area contributed by atoms with Gasteiger partial charge in [-0.3, -0.25) is 4.79 Å². The van der Waals surface area contributed by atoms with Crippen molar-refractivity contribution in [2.75, 3.05) is 13.6 Å². The number of thiophene rings is 2. The molecule has 0 saturated carbocycles. The normalized spacial score (nSPS) is 10.5. The van der Waals surface area contributed by atoms with Crippen molar-refractivity contribution in [3.8, 4) is 0 Å². The average molecular weight is 428 g/mol. The van der Waals surface area contributed by atoms with Crippen LogP contribution in [0.3, 0.4) is 0 Å². The molecule has 0 fully saturated rings. The van der Waals surface area contributed by atoms with E-state index in [1.165, 1.54) is 0 Å². The molecule has 0 aliphatic heterocycles. The Morgan fingerprint density at radius 3 is 2.03 bits per heavy atom. The van der Waals surface area contributed by atoms with Crippen molar-refractivity contribution >= 4 is 34.6 Å². The largest absolute Gasteiger partial charge is 0.337 e. The second kappa shape index (κ2) is 10.8. The number of carbonyl (C=O) groups excluding carboxylic acids is 2. The highest BCUT2D eigenvalue weighted by Gasteiger charge is 2.16. The van der Waals surface area contributed by atoms with Gasteiger partial charge >= 0.3 is 6.03 Å². The highest BCUT2D eigenvalue weighted by atomic mass is 32.1. The predicted octanol–water partition coefficient (Wildman–Crippen LogP) is 4.57. The predicted molar refractivity (Wildman–Crippen MR) is 119 cm³/mol. The number of hydrogen-bond acceptors (Lipinski definition) is 4. The zero-order chi connectivity index (χ0) is 20.5. The molecule has 152 valence electrons. The van der Waals surface area contributed by atoms with Crippen LogP contribution in [0.1, 0.15) is 21.7 Å². The summed E-state index contributed by atoms with van der Waals surface area (Å²) in [6.07, 6.45) is 0.279. The number of amides is 3. The summed E-state index contributed by atoms with van der Waals surface area (Å²) in [5, 5.41) is 6.89. The smallest absolute Gasteiger partial charge is 0.317 e. The number of hydrogen-bond donors (Lipinski definition) is 1. The molecular weight excluding hydrogens is 402 g/mol. The standard InChI is InChI=1S/C22H25N3O2S2/c1-24(15-18-7-3-2-4-8-18)22(27)23-12-11-21(26)25(16-19-9-5-13-28-19)17-20-10-6-14-29-20/h2-10,13-14H,11-12,15-17H2,1H3,(H,23,27). The molecule has 3 aromatic rings. The third-order valence-electron chi connectivity index (χ3n) is 4.43. The summed E-state index contributed by atoms with van der Waals surface area (Å²) < 4.78 is 0. The first-order valence-corrected chi connectivity index (χ1v) is 11.2. The van der Waals surface area contributed by atoms with E-state index < -0.39 is 0 Å². The molecule has 5 nitrogen and oxygen atoms in total. The third kappa shape index (κ3) is 6.73. The maximum absolute atomic E-state index is 12.8. The Kier molecular flexibility index (Phi) is 7.84. The molecule has 29 heavy (non-hydrogen) atoms. The number of nitrogens with one attached hydrogen (secondary N) is 1. The second-order valence-corrected chi connectivity index (χ2v) is 8.80. The SMILES string of the molecule is CN(Cc1ccccc1)C(=O)NCCC(=O)N(Cc1cccs1)Cc1cccs1. The zero-order valence-electron chi connectivity index (χ0n) is 16.4. The maximum atomic E-state index is 12.8. The van der Waals surface area contributed by atoms with Gasteiger partial charge in [-0.2, -0.15) is 0 Å². The van der Waals surface area contributed by atoms with Crippen LogP contribution >= 0.6 is 22.7 Å². The third-order valence-corrected chi connectivity index (χ3v) is 6.15. The fourth-order valence-electron chi connectivity index (χ4n) is 2.91. The fourth-order valence-corrected chi connectivity index (χ4v) is 4.35. The molecule has 3 amide bonds. The van der Waals surface area contributed by atoms with E-state index in [-0.39, 0.29) is 18.4 Å². The minimum absolute atomic E-state index is 0.0396. The maximum Gasteiger partial charge on any atom is 0.317 e. The molecule has 0 unspecified atom stereocenters. The van der Waals surface area contributed by atoms with Crippen molar-refractivity contribution < 1.29 is 9.59 Å². The van der Waals surface area contributed by atoms with Crippen LogP contribution in [0, 0.1) is 0 Å². The van der Waals surface area contributed by atoms with Crippen molar-refractivity contribution in [2.45, 2.75) is 26.1 Å². The lowest BCUT2D eigenvalue weighted by Gasteiger charge is -2.22. The van der Waals surface area contributed by atoms with E-state index in [9.17, 15) is 9.59 Å². The highest BCUT2D eigenvalue weighted by molar-refractivity contribution is 7.10. The summed E-state index contributed by atoms with van der Waals surface area (Å²) >= 11 is 3.30. The Morgan fingerprint density at radius 2 is 1.48 bits per heavy atom. The van der Waals surface area contributed by atoms with Gasteiger partial charge in [0.05, 0.1) is 13.1 Å². The fraction of sp³-hybridized carbons (Fsp3) is 0.273. The van der Waals surface area contributed by atoms with Gasteiger partial charge in [0.1, 0.15) is 0 Å². The summed E-state index contributed by atoms with van der Waals surface area (Å²) in [5.41, 5.74) is 1.07. The first-order valence-electron chi connectivity index (χ1n) is 9.47. The van der Waals surface area contributed by atoms with Gasteiger partial charge in [0, 0.05) is 36.3 Å². The minimum Gasteiger partial charge on any atom is -0.337 e. The van der Waals surface area contributed by atoms with Crippen LogP contribution in [-0.4, -0.2) is 35.3 Å². The summed E-state index contributed by atoms with van der Waals surface area (Å²) in [5.74, 6) is 0.0396. The highest BCUT2D eigenvalue weighted by Crippen LogP contribution is 2.18. The van der Waals surface area contributed by atoms with Crippen LogP contribution in [0.4, 0.5) is 4.79 Å². The van der Waals surface area contributed by atoms with Crippen LogP contribution in [0.5, 0.6) is 0 Å². The van der Waals surface area contributed by atoms with Gasteiger partial charge in [-0.05, 0) is 28.5 Å². The Labute approximate surface area is 179 Å². The van der Waals surface area contributed by atoms with Crippen LogP contribution < -0.4 is 5.32 Å². The second-order valence-electron chi connectivity index (χ2n) is 6.73. The monoisotopic (exact) mass is 427 g/mol.